The van der Waals surface area contributed by atoms with Gasteiger partial charge < -0.3 is 30.2 Å². The van der Waals surface area contributed by atoms with E-state index in [0.717, 1.165) is 30.0 Å². The molecule has 0 unspecified atom stereocenters. The molecule has 3 N–H and O–H groups in total. The average molecular weight is 441 g/mol. The Morgan fingerprint density at radius 1 is 0.969 bits per heavy atom. The van der Waals surface area contributed by atoms with Crippen molar-refractivity contribution in [3.8, 4) is 17.4 Å². The zero-order valence-electron chi connectivity index (χ0n) is 18.3. The van der Waals surface area contributed by atoms with Crippen LogP contribution in [0.3, 0.4) is 0 Å². The van der Waals surface area contributed by atoms with Gasteiger partial charge in [-0.25, -0.2) is 9.97 Å². The van der Waals surface area contributed by atoms with Gasteiger partial charge in [0.05, 0.1) is 18.0 Å². The van der Waals surface area contributed by atoms with Crippen LogP contribution in [-0.2, 0) is 0 Å². The topological polar surface area (TPSA) is 102 Å². The minimum Gasteiger partial charge on any atom is -0.490 e. The van der Waals surface area contributed by atoms with Crippen molar-refractivity contribution in [3.05, 3.63) is 48.8 Å². The van der Waals surface area contributed by atoms with Crippen molar-refractivity contribution in [3.63, 3.8) is 0 Å². The maximum Gasteiger partial charge on any atom is 0.257 e. The highest BCUT2D eigenvalue weighted by molar-refractivity contribution is 5.61. The predicted octanol–water partition coefficient (Wildman–Crippen LogP) is 4.39. The van der Waals surface area contributed by atoms with Crippen LogP contribution in [-0.4, -0.2) is 48.4 Å². The summed E-state index contributed by atoms with van der Waals surface area (Å²) in [5, 5.41) is 9.18. The second-order valence-electron chi connectivity index (χ2n) is 7.43. The van der Waals surface area contributed by atoms with Gasteiger partial charge in [-0.3, -0.25) is 0 Å². The van der Waals surface area contributed by atoms with Crippen molar-refractivity contribution in [2.75, 3.05) is 37.9 Å². The smallest absolute Gasteiger partial charge is 0.257 e. The summed E-state index contributed by atoms with van der Waals surface area (Å²) in [7, 11) is 3.75. The van der Waals surface area contributed by atoms with Gasteiger partial charge in [0, 0.05) is 20.8 Å². The van der Waals surface area contributed by atoms with Crippen molar-refractivity contribution >= 4 is 23.1 Å². The molecule has 1 aromatic carbocycles. The summed E-state index contributed by atoms with van der Waals surface area (Å²) in [5.41, 5.74) is 1.65. The highest BCUT2D eigenvalue weighted by Gasteiger charge is 2.19. The van der Waals surface area contributed by atoms with E-state index in [1.54, 1.807) is 18.5 Å². The fourth-order valence-electron chi connectivity index (χ4n) is 3.07. The first kappa shape index (κ1) is 21.6. The lowest BCUT2D eigenvalue weighted by Gasteiger charge is -2.26. The third-order valence-electron chi connectivity index (χ3n) is 4.79. The first-order valence-corrected chi connectivity index (χ1v) is 10.7. The van der Waals surface area contributed by atoms with Gasteiger partial charge in [0.15, 0.2) is 5.75 Å². The van der Waals surface area contributed by atoms with Crippen LogP contribution >= 0.6 is 0 Å². The molecule has 3 heterocycles. The van der Waals surface area contributed by atoms with E-state index < -0.39 is 0 Å². The number of pyridine rings is 1. The number of nitrogens with zero attached hydrogens (tertiary/aromatic N) is 3. The lowest BCUT2D eigenvalue weighted by Crippen LogP contribution is -2.24. The Morgan fingerprint density at radius 2 is 1.75 bits per heavy atom. The molecule has 2 aliphatic rings. The molecule has 3 aromatic rings. The molecule has 1 fully saturated rings. The Balaban J connectivity index is 0.000000778. The Morgan fingerprint density at radius 3 is 2.50 bits per heavy atom. The molecule has 5 rings (SSSR count). The summed E-state index contributed by atoms with van der Waals surface area (Å²) in [6.07, 6.45) is 7.30. The van der Waals surface area contributed by atoms with Crippen molar-refractivity contribution in [1.29, 1.82) is 0 Å². The molecule has 0 bridgehead atoms. The van der Waals surface area contributed by atoms with E-state index in [1.165, 1.54) is 6.42 Å². The second-order valence-corrected chi connectivity index (χ2v) is 7.43. The largest absolute Gasteiger partial charge is 0.490 e. The Hall–Kier alpha value is -3.59. The molecule has 172 valence electrons. The quantitative estimate of drug-likeness (QED) is 0.515. The van der Waals surface area contributed by atoms with Gasteiger partial charge in [0.25, 0.3) is 5.88 Å². The minimum absolute atomic E-state index is 0. The summed E-state index contributed by atoms with van der Waals surface area (Å²) < 4.78 is 16.9. The number of hydrogen-bond donors (Lipinski definition) is 3. The van der Waals surface area contributed by atoms with Gasteiger partial charge in [-0.05, 0) is 63.7 Å². The molecule has 0 spiro atoms. The summed E-state index contributed by atoms with van der Waals surface area (Å²) in [4.78, 5) is 13.1. The number of aromatic nitrogens is 3. The van der Waals surface area contributed by atoms with E-state index in [9.17, 15) is 0 Å². The lowest BCUT2D eigenvalue weighted by atomic mass is 9.96. The second kappa shape index (κ2) is 10.6. The van der Waals surface area contributed by atoms with E-state index in [4.69, 9.17) is 14.2 Å². The normalized spacial score (nSPS) is 14.4. The maximum absolute atomic E-state index is 5.89. The van der Waals surface area contributed by atoms with Crippen LogP contribution in [0.15, 0.2) is 48.8 Å². The highest BCUT2D eigenvalue weighted by Crippen LogP contribution is 2.31. The first-order valence-electron chi connectivity index (χ1n) is 10.7. The van der Waals surface area contributed by atoms with Crippen LogP contribution in [0, 0.1) is 0 Å². The van der Waals surface area contributed by atoms with Crippen LogP contribution in [0.2, 0.25) is 0 Å². The summed E-state index contributed by atoms with van der Waals surface area (Å²) in [6, 6.07) is 11.5. The summed E-state index contributed by atoms with van der Waals surface area (Å²) >= 11 is 0. The maximum atomic E-state index is 5.89. The third-order valence-corrected chi connectivity index (χ3v) is 4.79. The fourth-order valence-corrected chi connectivity index (χ4v) is 3.07. The van der Waals surface area contributed by atoms with Crippen molar-refractivity contribution < 1.29 is 17.1 Å². The molecule has 9 nitrogen and oxygen atoms in total. The molecule has 1 saturated carbocycles. The highest BCUT2D eigenvalue weighted by atomic mass is 16.6. The van der Waals surface area contributed by atoms with Crippen LogP contribution < -0.4 is 30.2 Å². The van der Waals surface area contributed by atoms with Gasteiger partial charge in [-0.2, -0.15) is 4.98 Å². The summed E-state index contributed by atoms with van der Waals surface area (Å²) in [6.45, 7) is 1.03. The monoisotopic (exact) mass is 440 g/mol. The van der Waals surface area contributed by atoms with Crippen LogP contribution in [0.4, 0.5) is 23.1 Å². The molecule has 2 aromatic heterocycles. The Kier molecular flexibility index (Phi) is 7.19. The number of anilines is 4. The minimum atomic E-state index is 0. The lowest BCUT2D eigenvalue weighted by molar-refractivity contribution is 0.120. The molecular weight excluding hydrogens is 408 g/mol. The van der Waals surface area contributed by atoms with Crippen LogP contribution in [0.5, 0.6) is 17.4 Å². The number of benzene rings is 1. The molecule has 1 aliphatic carbocycles. The van der Waals surface area contributed by atoms with E-state index in [0.29, 0.717) is 42.7 Å². The van der Waals surface area contributed by atoms with Gasteiger partial charge in [0.2, 0.25) is 5.95 Å². The molecule has 0 atom stereocenters. The molecule has 0 saturated heterocycles. The van der Waals surface area contributed by atoms with E-state index in [-0.39, 0.29) is 2.85 Å². The molecule has 32 heavy (non-hydrogen) atoms. The van der Waals surface area contributed by atoms with Crippen molar-refractivity contribution in [2.24, 2.45) is 0 Å². The summed E-state index contributed by atoms with van der Waals surface area (Å²) in [5.74, 6) is 3.16. The van der Waals surface area contributed by atoms with Crippen molar-refractivity contribution in [2.45, 2.75) is 25.4 Å². The SMILES string of the molecule is CNC.[HH].[HH].c1cc(Nc2cnc3c(c2)OCCO3)nc(Nc2ccc(OC3CCC3)cc2)n1. The van der Waals surface area contributed by atoms with E-state index in [2.05, 4.69) is 30.9 Å². The number of hydrogen-bond acceptors (Lipinski definition) is 9. The fraction of sp³-hybridized carbons (Fsp3) is 0.348. The molecule has 9 heteroatoms. The average Bonchev–Trinajstić information content (AvgIpc) is 2.78. The van der Waals surface area contributed by atoms with Gasteiger partial charge in [-0.1, -0.05) is 0 Å². The van der Waals surface area contributed by atoms with Gasteiger partial charge >= 0.3 is 0 Å². The molecular formula is C23H32N6O3. The van der Waals surface area contributed by atoms with Crippen molar-refractivity contribution in [1.82, 2.24) is 20.3 Å². The molecule has 0 amide bonds. The molecule has 0 radical (unpaired) electrons. The van der Waals surface area contributed by atoms with Gasteiger partial charge in [0.1, 0.15) is 24.8 Å². The zero-order valence-corrected chi connectivity index (χ0v) is 18.3. The number of nitrogens with one attached hydrogen (secondary N) is 3. The standard InChI is InChI=1S/C21H21N5O3.C2H7N.2H2/c1-2-16(3-1)29-17-6-4-14(5-7-17)25-21-22-9-8-19(26-21)24-15-12-18-20(23-13-15)28-11-10-27-18;1-3-2;;/h4-9,12-13,16H,1-3,10-11H2,(H2,22,24,25,26);3H,1-2H3;2*1H. The zero-order chi connectivity index (χ0) is 22.2. The number of ether oxygens (including phenoxy) is 3. The Bertz CT molecular complexity index is 1020. The predicted molar refractivity (Wildman–Crippen MR) is 128 cm³/mol. The first-order chi connectivity index (χ1) is 15.7. The number of fused-ring (bicyclic) bond motifs is 1. The van der Waals surface area contributed by atoms with E-state index >= 15 is 0 Å². The van der Waals surface area contributed by atoms with Crippen LogP contribution in [0.1, 0.15) is 22.1 Å². The van der Waals surface area contributed by atoms with Crippen LogP contribution in [0.25, 0.3) is 0 Å². The number of rotatable bonds is 6. The third kappa shape index (κ3) is 5.76. The molecule has 1 aliphatic heterocycles. The van der Waals surface area contributed by atoms with Gasteiger partial charge in [-0.15, -0.1) is 0 Å². The Labute approximate surface area is 190 Å². The van der Waals surface area contributed by atoms with E-state index in [1.807, 2.05) is 44.4 Å².